The maximum absolute atomic E-state index is 12.2. The van der Waals surface area contributed by atoms with E-state index in [9.17, 15) is 8.42 Å². The Morgan fingerprint density at radius 1 is 1.16 bits per heavy atom. The average molecular weight is 279 g/mol. The van der Waals surface area contributed by atoms with Crippen LogP contribution < -0.4 is 4.72 Å². The van der Waals surface area contributed by atoms with Gasteiger partial charge in [0.2, 0.25) is 10.0 Å². The summed E-state index contributed by atoms with van der Waals surface area (Å²) in [4.78, 5) is 0. The molecule has 2 saturated carbocycles. The molecule has 2 aliphatic rings. The fraction of sp³-hybridized carbons (Fsp3) is 0.600. The van der Waals surface area contributed by atoms with Gasteiger partial charge >= 0.3 is 0 Å². The van der Waals surface area contributed by atoms with Crippen LogP contribution in [-0.2, 0) is 15.8 Å². The van der Waals surface area contributed by atoms with Crippen LogP contribution in [0.15, 0.2) is 24.3 Å². The number of nitrogens with one attached hydrogen (secondary N) is 1. The number of hydrogen-bond donors (Lipinski definition) is 1. The summed E-state index contributed by atoms with van der Waals surface area (Å²) < 4.78 is 27.3. The van der Waals surface area contributed by atoms with Crippen LogP contribution in [0.4, 0.5) is 0 Å². The van der Waals surface area contributed by atoms with Gasteiger partial charge in [-0.2, -0.15) is 0 Å². The molecule has 0 heterocycles. The van der Waals surface area contributed by atoms with Crippen LogP contribution in [0.25, 0.3) is 0 Å². The standard InChI is InChI=1S/C15H21NO2S/c1-11-2-4-12(5-3-11)10-19(17,18)16-15-9-13-6-7-14(15)8-13/h2-5,13-16H,6-10H2,1H3/t13-,14-,15+/m0/s1. The second-order valence-electron chi connectivity index (χ2n) is 6.14. The number of hydrogen-bond acceptors (Lipinski definition) is 2. The van der Waals surface area contributed by atoms with Crippen LogP contribution in [0.1, 0.15) is 36.8 Å². The predicted octanol–water partition coefficient (Wildman–Crippen LogP) is 2.60. The van der Waals surface area contributed by atoms with E-state index in [1.807, 2.05) is 31.2 Å². The topological polar surface area (TPSA) is 46.2 Å². The molecule has 3 atom stereocenters. The lowest BCUT2D eigenvalue weighted by molar-refractivity contribution is 0.390. The molecular weight excluding hydrogens is 258 g/mol. The lowest BCUT2D eigenvalue weighted by Crippen LogP contribution is -2.39. The molecule has 1 aromatic carbocycles. The van der Waals surface area contributed by atoms with E-state index in [0.717, 1.165) is 23.5 Å². The lowest BCUT2D eigenvalue weighted by atomic mass is 9.96. The minimum absolute atomic E-state index is 0.0984. The molecule has 3 rings (SSSR count). The highest BCUT2D eigenvalue weighted by molar-refractivity contribution is 7.88. The molecule has 3 nitrogen and oxygen atoms in total. The van der Waals surface area contributed by atoms with Crippen molar-refractivity contribution in [3.8, 4) is 0 Å². The van der Waals surface area contributed by atoms with Gasteiger partial charge in [0.25, 0.3) is 0 Å². The van der Waals surface area contributed by atoms with E-state index >= 15 is 0 Å². The van der Waals surface area contributed by atoms with Crippen LogP contribution in [0.2, 0.25) is 0 Å². The monoisotopic (exact) mass is 279 g/mol. The van der Waals surface area contributed by atoms with E-state index in [2.05, 4.69) is 4.72 Å². The van der Waals surface area contributed by atoms with Crippen molar-refractivity contribution in [3.63, 3.8) is 0 Å². The minimum atomic E-state index is -3.20. The van der Waals surface area contributed by atoms with Crippen molar-refractivity contribution in [1.82, 2.24) is 4.72 Å². The number of sulfonamides is 1. The molecule has 0 aromatic heterocycles. The van der Waals surface area contributed by atoms with Gasteiger partial charge in [-0.15, -0.1) is 0 Å². The summed E-state index contributed by atoms with van der Waals surface area (Å²) in [6, 6.07) is 7.91. The third kappa shape index (κ3) is 3.00. The quantitative estimate of drug-likeness (QED) is 0.921. The largest absolute Gasteiger partial charge is 0.216 e. The Morgan fingerprint density at radius 3 is 2.47 bits per heavy atom. The zero-order valence-electron chi connectivity index (χ0n) is 11.3. The Labute approximate surface area is 115 Å². The summed E-state index contributed by atoms with van der Waals surface area (Å²) in [5, 5.41) is 0. The summed E-state index contributed by atoms with van der Waals surface area (Å²) in [6.45, 7) is 2.01. The van der Waals surface area contributed by atoms with E-state index < -0.39 is 10.0 Å². The van der Waals surface area contributed by atoms with Crippen LogP contribution in [0.3, 0.4) is 0 Å². The highest BCUT2D eigenvalue weighted by Crippen LogP contribution is 2.44. The fourth-order valence-corrected chi connectivity index (χ4v) is 5.03. The summed E-state index contributed by atoms with van der Waals surface area (Å²) in [5.74, 6) is 1.44. The van der Waals surface area contributed by atoms with Crippen molar-refractivity contribution in [3.05, 3.63) is 35.4 Å². The van der Waals surface area contributed by atoms with Gasteiger partial charge in [-0.1, -0.05) is 36.2 Å². The first-order valence-corrected chi connectivity index (χ1v) is 8.72. The zero-order chi connectivity index (χ0) is 13.5. The Morgan fingerprint density at radius 2 is 1.89 bits per heavy atom. The van der Waals surface area contributed by atoms with Crippen LogP contribution in [0, 0.1) is 18.8 Å². The molecule has 4 heteroatoms. The van der Waals surface area contributed by atoms with E-state index in [4.69, 9.17) is 0 Å². The predicted molar refractivity (Wildman–Crippen MR) is 76.2 cm³/mol. The van der Waals surface area contributed by atoms with Gasteiger partial charge in [-0.05, 0) is 43.6 Å². The average Bonchev–Trinajstić information content (AvgIpc) is 2.93. The van der Waals surface area contributed by atoms with Gasteiger partial charge in [0.15, 0.2) is 0 Å². The Kier molecular flexibility index (Phi) is 3.39. The molecule has 0 radical (unpaired) electrons. The van der Waals surface area contributed by atoms with Crippen LogP contribution in [-0.4, -0.2) is 14.5 Å². The second-order valence-corrected chi connectivity index (χ2v) is 7.90. The zero-order valence-corrected chi connectivity index (χ0v) is 12.1. The van der Waals surface area contributed by atoms with Gasteiger partial charge in [-0.25, -0.2) is 13.1 Å². The molecule has 104 valence electrons. The summed E-state index contributed by atoms with van der Waals surface area (Å²) in [6.07, 6.45) is 4.75. The summed E-state index contributed by atoms with van der Waals surface area (Å²) in [5.41, 5.74) is 2.02. The van der Waals surface area contributed by atoms with E-state index in [-0.39, 0.29) is 11.8 Å². The molecule has 0 unspecified atom stereocenters. The Bertz CT molecular complexity index is 550. The number of benzene rings is 1. The molecule has 0 spiro atoms. The van der Waals surface area contributed by atoms with Crippen molar-refractivity contribution in [1.29, 1.82) is 0 Å². The maximum atomic E-state index is 12.2. The van der Waals surface area contributed by atoms with Crippen molar-refractivity contribution in [2.75, 3.05) is 0 Å². The summed E-state index contributed by atoms with van der Waals surface area (Å²) in [7, 11) is -3.20. The molecular formula is C15H21NO2S. The smallest absolute Gasteiger partial charge is 0.212 e. The first-order valence-electron chi connectivity index (χ1n) is 7.07. The maximum Gasteiger partial charge on any atom is 0.216 e. The highest BCUT2D eigenvalue weighted by Gasteiger charge is 2.40. The van der Waals surface area contributed by atoms with E-state index in [1.54, 1.807) is 0 Å². The SMILES string of the molecule is Cc1ccc(CS(=O)(=O)N[C@@H]2C[C@H]3CC[C@H]2C3)cc1. The molecule has 2 aliphatic carbocycles. The molecule has 1 aromatic rings. The fourth-order valence-electron chi connectivity index (χ4n) is 3.57. The van der Waals surface area contributed by atoms with Gasteiger partial charge in [0, 0.05) is 6.04 Å². The number of fused-ring (bicyclic) bond motifs is 2. The summed E-state index contributed by atoms with van der Waals surface area (Å²) >= 11 is 0. The van der Waals surface area contributed by atoms with Crippen molar-refractivity contribution in [2.45, 2.75) is 44.4 Å². The molecule has 19 heavy (non-hydrogen) atoms. The molecule has 1 N–H and O–H groups in total. The number of rotatable bonds is 4. The van der Waals surface area contributed by atoms with Crippen molar-refractivity contribution < 1.29 is 8.42 Å². The third-order valence-corrected chi connectivity index (χ3v) is 5.92. The van der Waals surface area contributed by atoms with Crippen molar-refractivity contribution in [2.24, 2.45) is 11.8 Å². The second kappa shape index (κ2) is 4.91. The van der Waals surface area contributed by atoms with Gasteiger partial charge in [0.1, 0.15) is 0 Å². The molecule has 0 amide bonds. The first kappa shape index (κ1) is 13.1. The van der Waals surface area contributed by atoms with Gasteiger partial charge in [0.05, 0.1) is 5.75 Å². The molecule has 2 bridgehead atoms. The van der Waals surface area contributed by atoms with E-state index in [1.165, 1.54) is 19.3 Å². The Balaban J connectivity index is 1.64. The first-order chi connectivity index (χ1) is 9.02. The van der Waals surface area contributed by atoms with Gasteiger partial charge in [-0.3, -0.25) is 0 Å². The normalized spacial score (nSPS) is 29.8. The van der Waals surface area contributed by atoms with Gasteiger partial charge < -0.3 is 0 Å². The highest BCUT2D eigenvalue weighted by atomic mass is 32.2. The van der Waals surface area contributed by atoms with Crippen LogP contribution in [0.5, 0.6) is 0 Å². The number of aryl methyl sites for hydroxylation is 1. The van der Waals surface area contributed by atoms with E-state index in [0.29, 0.717) is 5.92 Å². The minimum Gasteiger partial charge on any atom is -0.212 e. The van der Waals surface area contributed by atoms with Crippen LogP contribution >= 0.6 is 0 Å². The lowest BCUT2D eigenvalue weighted by Gasteiger charge is -2.22. The Hall–Kier alpha value is -0.870. The molecule has 2 fully saturated rings. The molecule has 0 aliphatic heterocycles. The third-order valence-electron chi connectivity index (χ3n) is 4.55. The molecule has 0 saturated heterocycles. The van der Waals surface area contributed by atoms with Crippen molar-refractivity contribution >= 4 is 10.0 Å².